The van der Waals surface area contributed by atoms with Crippen LogP contribution in [0.3, 0.4) is 0 Å². The summed E-state index contributed by atoms with van der Waals surface area (Å²) in [5, 5.41) is 5.55. The molecule has 0 spiro atoms. The van der Waals surface area contributed by atoms with Crippen LogP contribution in [-0.4, -0.2) is 31.1 Å². The van der Waals surface area contributed by atoms with Gasteiger partial charge in [0.1, 0.15) is 4.90 Å². The summed E-state index contributed by atoms with van der Waals surface area (Å²) in [6.45, 7) is 3.75. The number of amides is 2. The number of rotatable bonds is 7. The summed E-state index contributed by atoms with van der Waals surface area (Å²) in [5.41, 5.74) is 3.81. The highest BCUT2D eigenvalue weighted by atomic mass is 32.2. The molecular weight excluding hydrogens is 462 g/mol. The van der Waals surface area contributed by atoms with E-state index in [1.165, 1.54) is 11.2 Å². The van der Waals surface area contributed by atoms with E-state index in [0.29, 0.717) is 13.0 Å². The molecule has 0 aliphatic carbocycles. The fraction of sp³-hybridized carbons (Fsp3) is 0.259. The topological polar surface area (TPSA) is 95.6 Å². The van der Waals surface area contributed by atoms with Crippen molar-refractivity contribution in [1.29, 1.82) is 0 Å². The highest BCUT2D eigenvalue weighted by Gasteiger charge is 2.38. The first-order chi connectivity index (χ1) is 16.8. The van der Waals surface area contributed by atoms with Gasteiger partial charge in [0.2, 0.25) is 21.8 Å². The summed E-state index contributed by atoms with van der Waals surface area (Å²) in [6.07, 6.45) is 0.531. The van der Waals surface area contributed by atoms with Crippen LogP contribution in [0, 0.1) is 6.92 Å². The molecule has 35 heavy (non-hydrogen) atoms. The van der Waals surface area contributed by atoms with Crippen molar-refractivity contribution in [2.75, 3.05) is 11.9 Å². The van der Waals surface area contributed by atoms with Crippen molar-refractivity contribution in [3.8, 4) is 0 Å². The van der Waals surface area contributed by atoms with Crippen molar-refractivity contribution in [2.45, 2.75) is 44.2 Å². The van der Waals surface area contributed by atoms with E-state index in [2.05, 4.69) is 10.6 Å². The molecule has 0 aromatic heterocycles. The molecule has 1 aliphatic rings. The number of fused-ring (bicyclic) bond motifs is 1. The lowest BCUT2D eigenvalue weighted by Gasteiger charge is -2.36. The maximum Gasteiger partial charge on any atom is 0.245 e. The van der Waals surface area contributed by atoms with Gasteiger partial charge in [-0.25, -0.2) is 8.42 Å². The van der Waals surface area contributed by atoms with Gasteiger partial charge in [-0.1, -0.05) is 60.7 Å². The maximum absolute atomic E-state index is 14.0. The number of anilines is 1. The SMILES string of the molecule is CC(=O)Nc1ccc(C)cc1S(=O)(=O)N1CCc2ccccc2C1CC(=O)NCc1ccccc1. The highest BCUT2D eigenvalue weighted by molar-refractivity contribution is 7.89. The van der Waals surface area contributed by atoms with E-state index in [9.17, 15) is 18.0 Å². The van der Waals surface area contributed by atoms with Crippen LogP contribution in [0.15, 0.2) is 77.7 Å². The molecule has 0 fully saturated rings. The van der Waals surface area contributed by atoms with Crippen LogP contribution in [0.5, 0.6) is 0 Å². The second-order valence-corrected chi connectivity index (χ2v) is 10.6. The molecule has 0 radical (unpaired) electrons. The van der Waals surface area contributed by atoms with Crippen LogP contribution in [0.1, 0.15) is 41.6 Å². The van der Waals surface area contributed by atoms with Crippen LogP contribution < -0.4 is 10.6 Å². The van der Waals surface area contributed by atoms with Crippen molar-refractivity contribution >= 4 is 27.5 Å². The Morgan fingerprint density at radius 2 is 1.71 bits per heavy atom. The minimum Gasteiger partial charge on any atom is -0.352 e. The number of hydrogen-bond donors (Lipinski definition) is 2. The molecule has 0 saturated heterocycles. The maximum atomic E-state index is 14.0. The molecule has 182 valence electrons. The third-order valence-electron chi connectivity index (χ3n) is 6.11. The summed E-state index contributed by atoms with van der Waals surface area (Å²) in [5.74, 6) is -0.590. The molecule has 2 amide bonds. The molecule has 4 rings (SSSR count). The van der Waals surface area contributed by atoms with E-state index < -0.39 is 16.1 Å². The molecule has 7 nitrogen and oxygen atoms in total. The van der Waals surface area contributed by atoms with Gasteiger partial charge in [0.15, 0.2) is 0 Å². The summed E-state index contributed by atoms with van der Waals surface area (Å²) in [6, 6.07) is 21.5. The van der Waals surface area contributed by atoms with Crippen molar-refractivity contribution < 1.29 is 18.0 Å². The van der Waals surface area contributed by atoms with Crippen LogP contribution in [-0.2, 0) is 32.6 Å². The monoisotopic (exact) mass is 491 g/mol. The summed E-state index contributed by atoms with van der Waals surface area (Å²) in [7, 11) is -4.03. The van der Waals surface area contributed by atoms with Gasteiger partial charge in [0.05, 0.1) is 11.7 Å². The van der Waals surface area contributed by atoms with E-state index in [1.807, 2.05) is 54.6 Å². The fourth-order valence-corrected chi connectivity index (χ4v) is 6.27. The molecule has 3 aromatic carbocycles. The van der Waals surface area contributed by atoms with Gasteiger partial charge < -0.3 is 10.6 Å². The second kappa shape index (κ2) is 10.4. The molecule has 1 unspecified atom stereocenters. The van der Waals surface area contributed by atoms with E-state index in [1.54, 1.807) is 25.1 Å². The van der Waals surface area contributed by atoms with E-state index in [4.69, 9.17) is 0 Å². The molecule has 1 aliphatic heterocycles. The van der Waals surface area contributed by atoms with Crippen LogP contribution >= 0.6 is 0 Å². The van der Waals surface area contributed by atoms with Gasteiger partial charge in [-0.2, -0.15) is 4.31 Å². The summed E-state index contributed by atoms with van der Waals surface area (Å²) < 4.78 is 29.3. The summed E-state index contributed by atoms with van der Waals surface area (Å²) >= 11 is 0. The molecular formula is C27H29N3O4S. The Kier molecular flexibility index (Phi) is 7.33. The van der Waals surface area contributed by atoms with Gasteiger partial charge in [-0.15, -0.1) is 0 Å². The Morgan fingerprint density at radius 3 is 2.46 bits per heavy atom. The van der Waals surface area contributed by atoms with Crippen LogP contribution in [0.25, 0.3) is 0 Å². The number of aryl methyl sites for hydroxylation is 1. The Morgan fingerprint density at radius 1 is 1.00 bits per heavy atom. The lowest BCUT2D eigenvalue weighted by Crippen LogP contribution is -2.42. The number of sulfonamides is 1. The molecule has 3 aromatic rings. The van der Waals surface area contributed by atoms with Crippen molar-refractivity contribution in [2.24, 2.45) is 0 Å². The minimum atomic E-state index is -4.03. The molecule has 0 bridgehead atoms. The Labute approximate surface area is 206 Å². The average Bonchev–Trinajstić information content (AvgIpc) is 2.84. The van der Waals surface area contributed by atoms with Gasteiger partial charge >= 0.3 is 0 Å². The molecule has 8 heteroatoms. The first kappa shape index (κ1) is 24.6. The fourth-order valence-electron chi connectivity index (χ4n) is 4.43. The first-order valence-corrected chi connectivity index (χ1v) is 13.0. The Balaban J connectivity index is 1.67. The van der Waals surface area contributed by atoms with Gasteiger partial charge in [0.25, 0.3) is 0 Å². The van der Waals surface area contributed by atoms with Crippen molar-refractivity contribution in [3.63, 3.8) is 0 Å². The normalized spacial score (nSPS) is 15.8. The number of hydrogen-bond acceptors (Lipinski definition) is 4. The van der Waals surface area contributed by atoms with Crippen LogP contribution in [0.4, 0.5) is 5.69 Å². The molecule has 1 atom stereocenters. The van der Waals surface area contributed by atoms with E-state index in [0.717, 1.165) is 22.3 Å². The average molecular weight is 492 g/mol. The highest BCUT2D eigenvalue weighted by Crippen LogP contribution is 2.38. The Bertz CT molecular complexity index is 1340. The lowest BCUT2D eigenvalue weighted by atomic mass is 9.92. The predicted molar refractivity (Wildman–Crippen MR) is 135 cm³/mol. The van der Waals surface area contributed by atoms with Gasteiger partial charge in [0, 0.05) is 26.4 Å². The molecule has 2 N–H and O–H groups in total. The zero-order valence-corrected chi connectivity index (χ0v) is 20.6. The van der Waals surface area contributed by atoms with E-state index >= 15 is 0 Å². The quantitative estimate of drug-likeness (QED) is 0.523. The summed E-state index contributed by atoms with van der Waals surface area (Å²) in [4.78, 5) is 24.8. The third-order valence-corrected chi connectivity index (χ3v) is 8.06. The first-order valence-electron chi connectivity index (χ1n) is 11.5. The molecule has 0 saturated carbocycles. The standard InChI is InChI=1S/C27H29N3O4S/c1-19-12-13-24(29-20(2)31)26(16-19)35(33,34)30-15-14-22-10-6-7-11-23(22)25(30)17-27(32)28-18-21-8-4-3-5-9-21/h3-13,16,25H,14-15,17-18H2,1-2H3,(H,28,32)(H,29,31). The van der Waals surface area contributed by atoms with Crippen LogP contribution in [0.2, 0.25) is 0 Å². The number of nitrogens with zero attached hydrogens (tertiary/aromatic N) is 1. The van der Waals surface area contributed by atoms with E-state index in [-0.39, 0.29) is 35.4 Å². The predicted octanol–water partition coefficient (Wildman–Crippen LogP) is 3.95. The third kappa shape index (κ3) is 5.61. The minimum absolute atomic E-state index is 0.00956. The van der Waals surface area contributed by atoms with Gasteiger partial charge in [-0.05, 0) is 47.7 Å². The number of nitrogens with one attached hydrogen (secondary N) is 2. The van der Waals surface area contributed by atoms with Gasteiger partial charge in [-0.3, -0.25) is 9.59 Å². The number of benzene rings is 3. The number of carbonyl (C=O) groups excluding carboxylic acids is 2. The number of carbonyl (C=O) groups is 2. The Hall–Kier alpha value is -3.49. The van der Waals surface area contributed by atoms with Crippen molar-refractivity contribution in [3.05, 3.63) is 95.1 Å². The second-order valence-electron chi connectivity index (χ2n) is 8.73. The zero-order valence-electron chi connectivity index (χ0n) is 19.8. The smallest absolute Gasteiger partial charge is 0.245 e. The zero-order chi connectivity index (χ0) is 25.0. The largest absolute Gasteiger partial charge is 0.352 e. The van der Waals surface area contributed by atoms with Crippen molar-refractivity contribution in [1.82, 2.24) is 9.62 Å². The lowest BCUT2D eigenvalue weighted by molar-refractivity contribution is -0.122. The molecule has 1 heterocycles.